The number of amides is 1. The van der Waals surface area contributed by atoms with E-state index in [9.17, 15) is 10.1 Å². The number of thioether (sulfide) groups is 1. The second-order valence-corrected chi connectivity index (χ2v) is 11.6. The number of rotatable bonds is 9. The highest BCUT2D eigenvalue weighted by atomic mass is 35.5. The van der Waals surface area contributed by atoms with Crippen LogP contribution < -0.4 is 10.1 Å². The van der Waals surface area contributed by atoms with E-state index in [2.05, 4.69) is 42.4 Å². The summed E-state index contributed by atoms with van der Waals surface area (Å²) in [7, 11) is 0. The molecule has 10 heteroatoms. The molecular formula is C25H27ClN4O3S2. The van der Waals surface area contributed by atoms with Crippen LogP contribution in [0.1, 0.15) is 55.5 Å². The first-order valence-electron chi connectivity index (χ1n) is 11.5. The third kappa shape index (κ3) is 6.18. The Kier molecular flexibility index (Phi) is 8.05. The van der Waals surface area contributed by atoms with Crippen molar-refractivity contribution in [2.75, 3.05) is 11.1 Å². The maximum atomic E-state index is 12.6. The molecule has 2 heterocycles. The number of carbonyl (C=O) groups excluding carboxylic acids is 1. The summed E-state index contributed by atoms with van der Waals surface area (Å²) < 4.78 is 11.1. The monoisotopic (exact) mass is 530 g/mol. The lowest BCUT2D eigenvalue weighted by Crippen LogP contribution is -2.28. The van der Waals surface area contributed by atoms with E-state index in [1.54, 1.807) is 24.3 Å². The highest BCUT2D eigenvalue weighted by molar-refractivity contribution is 7.99. The Balaban J connectivity index is 1.32. The Hall–Kier alpha value is -2.54. The Labute approximate surface area is 218 Å². The molecule has 1 aromatic carbocycles. The van der Waals surface area contributed by atoms with Gasteiger partial charge in [-0.05, 0) is 60.4 Å². The van der Waals surface area contributed by atoms with Crippen molar-refractivity contribution in [2.24, 2.45) is 11.3 Å². The summed E-state index contributed by atoms with van der Waals surface area (Å²) in [5.41, 5.74) is 1.97. The number of nitrogens with one attached hydrogen (secondary N) is 1. The van der Waals surface area contributed by atoms with Gasteiger partial charge in [-0.2, -0.15) is 5.26 Å². The average Bonchev–Trinajstić information content (AvgIpc) is 3.45. The topological polar surface area (TPSA) is 101 Å². The van der Waals surface area contributed by atoms with E-state index >= 15 is 0 Å². The van der Waals surface area contributed by atoms with E-state index in [-0.39, 0.29) is 28.9 Å². The van der Waals surface area contributed by atoms with E-state index in [4.69, 9.17) is 20.8 Å². The lowest BCUT2D eigenvalue weighted by molar-refractivity contribution is -0.113. The third-order valence-corrected chi connectivity index (χ3v) is 8.84. The quantitative estimate of drug-likeness (QED) is 0.315. The standard InChI is InChI=1S/C25H27ClN4O3S2/c1-4-25(2,3)15-5-10-18-19(12-27)23(35-20(18)11-15)28-21(31)14-34-24-30-29-22(33-24)13-32-17-8-6-16(26)7-9-17/h6-9,15H,4-5,10-11,13-14H2,1-3H3,(H,28,31)/t15-/m1/s1. The van der Waals surface area contributed by atoms with Gasteiger partial charge in [0.05, 0.1) is 11.3 Å². The number of hydrogen-bond donors (Lipinski definition) is 1. The Morgan fingerprint density at radius 1 is 1.37 bits per heavy atom. The second kappa shape index (κ2) is 11.0. The molecule has 0 saturated heterocycles. The molecule has 1 atom stereocenters. The molecule has 2 aromatic heterocycles. The zero-order chi connectivity index (χ0) is 25.0. The third-order valence-electron chi connectivity index (χ3n) is 6.60. The van der Waals surface area contributed by atoms with Gasteiger partial charge >= 0.3 is 0 Å². The van der Waals surface area contributed by atoms with Crippen LogP contribution in [0.5, 0.6) is 5.75 Å². The molecule has 35 heavy (non-hydrogen) atoms. The van der Waals surface area contributed by atoms with Gasteiger partial charge < -0.3 is 14.5 Å². The van der Waals surface area contributed by atoms with Gasteiger partial charge in [0, 0.05) is 9.90 Å². The molecule has 184 valence electrons. The van der Waals surface area contributed by atoms with E-state index in [0.717, 1.165) is 43.0 Å². The normalized spacial score (nSPS) is 15.3. The fraction of sp³-hybridized carbons (Fsp3) is 0.440. The number of nitrogens with zero attached hydrogens (tertiary/aromatic N) is 3. The fourth-order valence-corrected chi connectivity index (χ4v) is 6.07. The average molecular weight is 531 g/mol. The maximum absolute atomic E-state index is 12.6. The number of thiophene rings is 1. The molecule has 1 amide bonds. The van der Waals surface area contributed by atoms with Crippen LogP contribution in [0.4, 0.5) is 5.00 Å². The fourth-order valence-electron chi connectivity index (χ4n) is 4.07. The van der Waals surface area contributed by atoms with Crippen molar-refractivity contribution in [1.82, 2.24) is 10.2 Å². The molecule has 0 saturated carbocycles. The lowest BCUT2D eigenvalue weighted by Gasteiger charge is -2.36. The largest absolute Gasteiger partial charge is 0.484 e. The number of fused-ring (bicyclic) bond motifs is 1. The van der Waals surface area contributed by atoms with Crippen LogP contribution in [0, 0.1) is 22.7 Å². The van der Waals surface area contributed by atoms with Crippen molar-refractivity contribution in [3.8, 4) is 11.8 Å². The van der Waals surface area contributed by atoms with Gasteiger partial charge in [0.15, 0.2) is 6.61 Å². The highest BCUT2D eigenvalue weighted by Crippen LogP contribution is 2.45. The predicted octanol–water partition coefficient (Wildman–Crippen LogP) is 6.51. The molecule has 0 unspecified atom stereocenters. The molecule has 1 N–H and O–H groups in total. The van der Waals surface area contributed by atoms with E-state index in [1.165, 1.54) is 16.2 Å². The molecule has 7 nitrogen and oxygen atoms in total. The number of anilines is 1. The van der Waals surface area contributed by atoms with Crippen molar-refractivity contribution < 1.29 is 13.9 Å². The van der Waals surface area contributed by atoms with Crippen LogP contribution in [-0.2, 0) is 24.2 Å². The van der Waals surface area contributed by atoms with Crippen molar-refractivity contribution in [2.45, 2.75) is 58.3 Å². The van der Waals surface area contributed by atoms with Crippen molar-refractivity contribution in [1.29, 1.82) is 5.26 Å². The Morgan fingerprint density at radius 2 is 2.14 bits per heavy atom. The number of hydrogen-bond acceptors (Lipinski definition) is 8. The van der Waals surface area contributed by atoms with Crippen LogP contribution in [-0.4, -0.2) is 21.9 Å². The number of benzene rings is 1. The molecule has 0 aliphatic heterocycles. The van der Waals surface area contributed by atoms with Crippen molar-refractivity contribution >= 4 is 45.6 Å². The summed E-state index contributed by atoms with van der Waals surface area (Å²) >= 11 is 8.55. The Morgan fingerprint density at radius 3 is 2.86 bits per heavy atom. The summed E-state index contributed by atoms with van der Waals surface area (Å²) in [5.74, 6) is 1.41. The smallest absolute Gasteiger partial charge is 0.277 e. The van der Waals surface area contributed by atoms with Gasteiger partial charge in [-0.1, -0.05) is 50.6 Å². The zero-order valence-electron chi connectivity index (χ0n) is 19.9. The van der Waals surface area contributed by atoms with E-state index in [1.807, 2.05) is 0 Å². The summed E-state index contributed by atoms with van der Waals surface area (Å²) in [5, 5.41) is 22.1. The molecule has 0 spiro atoms. The second-order valence-electron chi connectivity index (χ2n) is 9.14. The zero-order valence-corrected chi connectivity index (χ0v) is 22.3. The van der Waals surface area contributed by atoms with Crippen LogP contribution in [0.15, 0.2) is 33.9 Å². The number of nitriles is 1. The van der Waals surface area contributed by atoms with Gasteiger partial charge in [0.2, 0.25) is 5.91 Å². The van der Waals surface area contributed by atoms with E-state index < -0.39 is 0 Å². The number of ether oxygens (including phenoxy) is 1. The summed E-state index contributed by atoms with van der Waals surface area (Å²) in [6, 6.07) is 9.28. The first-order valence-corrected chi connectivity index (χ1v) is 13.6. The van der Waals surface area contributed by atoms with Gasteiger partial charge in [-0.3, -0.25) is 4.79 Å². The van der Waals surface area contributed by atoms with Crippen molar-refractivity contribution in [3.63, 3.8) is 0 Å². The molecule has 3 aromatic rings. The maximum Gasteiger partial charge on any atom is 0.277 e. The number of halogens is 1. The summed E-state index contributed by atoms with van der Waals surface area (Å²) in [6.45, 7) is 6.97. The van der Waals surface area contributed by atoms with Gasteiger partial charge in [-0.25, -0.2) is 0 Å². The minimum absolute atomic E-state index is 0.0958. The molecule has 1 aliphatic carbocycles. The molecule has 0 fully saturated rings. The van der Waals surface area contributed by atoms with Crippen LogP contribution in [0.3, 0.4) is 0 Å². The minimum atomic E-state index is -0.215. The molecule has 1 aliphatic rings. The number of carbonyl (C=O) groups is 1. The summed E-state index contributed by atoms with van der Waals surface area (Å²) in [4.78, 5) is 13.8. The molecular weight excluding hydrogens is 504 g/mol. The predicted molar refractivity (Wildman–Crippen MR) is 138 cm³/mol. The number of aromatic nitrogens is 2. The van der Waals surface area contributed by atoms with Crippen molar-refractivity contribution in [3.05, 3.63) is 51.2 Å². The van der Waals surface area contributed by atoms with Gasteiger partial charge in [-0.15, -0.1) is 21.5 Å². The molecule has 0 radical (unpaired) electrons. The van der Waals surface area contributed by atoms with Gasteiger partial charge in [0.25, 0.3) is 11.1 Å². The van der Waals surface area contributed by atoms with Crippen LogP contribution in [0.25, 0.3) is 0 Å². The molecule has 0 bridgehead atoms. The summed E-state index contributed by atoms with van der Waals surface area (Å²) in [6.07, 6.45) is 4.04. The lowest BCUT2D eigenvalue weighted by atomic mass is 9.69. The SMILES string of the molecule is CCC(C)(C)[C@@H]1CCc2c(sc(NC(=O)CSc3nnc(COc4ccc(Cl)cc4)o3)c2C#N)C1. The Bertz CT molecular complexity index is 1230. The van der Waals surface area contributed by atoms with E-state index in [0.29, 0.717) is 33.1 Å². The molecule has 4 rings (SSSR count). The van der Waals surface area contributed by atoms with Crippen LogP contribution in [0.2, 0.25) is 5.02 Å². The van der Waals surface area contributed by atoms with Crippen LogP contribution >= 0.6 is 34.7 Å². The minimum Gasteiger partial charge on any atom is -0.484 e. The first kappa shape index (κ1) is 25.5. The van der Waals surface area contributed by atoms with Gasteiger partial charge in [0.1, 0.15) is 16.8 Å². The highest BCUT2D eigenvalue weighted by Gasteiger charge is 2.34. The first-order chi connectivity index (χ1) is 16.8.